The predicted octanol–water partition coefficient (Wildman–Crippen LogP) is -0.0865. The molecule has 0 spiro atoms. The van der Waals surface area contributed by atoms with Gasteiger partial charge in [0, 0.05) is 5.02 Å². The first kappa shape index (κ1) is 18.1. The van der Waals surface area contributed by atoms with Crippen molar-refractivity contribution in [3.63, 3.8) is 0 Å². The largest absolute Gasteiger partial charge is 0.496 e. The maximum absolute atomic E-state index is 10.1. The molecule has 1 aromatic carbocycles. The quantitative estimate of drug-likeness (QED) is 0.580. The fourth-order valence-electron chi connectivity index (χ4n) is 2.62. The van der Waals surface area contributed by atoms with Gasteiger partial charge >= 0.3 is 0 Å². The van der Waals surface area contributed by atoms with Gasteiger partial charge in [0.1, 0.15) is 30.2 Å². The zero-order chi connectivity index (χ0) is 18.1. The lowest BCUT2D eigenvalue weighted by molar-refractivity contribution is -0.237. The van der Waals surface area contributed by atoms with E-state index in [0.29, 0.717) is 16.3 Å². The Morgan fingerprint density at radius 1 is 1.20 bits per heavy atom. The van der Waals surface area contributed by atoms with Gasteiger partial charge in [-0.15, -0.1) is 0 Å². The zero-order valence-corrected chi connectivity index (χ0v) is 13.9. The Hall–Kier alpha value is -1.75. The maximum atomic E-state index is 10.1. The van der Waals surface area contributed by atoms with Gasteiger partial charge in [0.2, 0.25) is 5.82 Å². The minimum atomic E-state index is -1.54. The third-order valence-electron chi connectivity index (χ3n) is 3.98. The van der Waals surface area contributed by atoms with E-state index in [-0.39, 0.29) is 11.7 Å². The van der Waals surface area contributed by atoms with Crippen molar-refractivity contribution < 1.29 is 34.4 Å². The third-order valence-corrected chi connectivity index (χ3v) is 4.21. The normalized spacial score (nSPS) is 29.6. The molecule has 1 saturated heterocycles. The lowest BCUT2D eigenvalue weighted by Crippen LogP contribution is -2.55. The molecule has 1 aromatic heterocycles. The summed E-state index contributed by atoms with van der Waals surface area (Å²) in [5.41, 5.74) is 0.467. The summed E-state index contributed by atoms with van der Waals surface area (Å²) in [6.07, 6.45) is -6.78. The number of hydrogen-bond acceptors (Lipinski definition) is 9. The second kappa shape index (κ2) is 7.24. The van der Waals surface area contributed by atoms with Gasteiger partial charge in [0.25, 0.3) is 5.89 Å². The summed E-state index contributed by atoms with van der Waals surface area (Å²) in [7, 11) is 1.48. The van der Waals surface area contributed by atoms with Crippen molar-refractivity contribution in [3.8, 4) is 17.1 Å². The number of halogens is 1. The van der Waals surface area contributed by atoms with Crippen LogP contribution in [0.4, 0.5) is 0 Å². The molecule has 25 heavy (non-hydrogen) atoms. The number of benzene rings is 1. The molecule has 1 fully saturated rings. The number of aliphatic hydroxyl groups is 4. The summed E-state index contributed by atoms with van der Waals surface area (Å²) in [6, 6.07) is 4.87. The number of hydrogen-bond donors (Lipinski definition) is 4. The molecule has 2 heterocycles. The van der Waals surface area contributed by atoms with E-state index >= 15 is 0 Å². The van der Waals surface area contributed by atoms with Crippen LogP contribution in [-0.2, 0) is 4.74 Å². The topological polar surface area (TPSA) is 138 Å². The molecule has 0 radical (unpaired) electrons. The Labute approximate surface area is 147 Å². The van der Waals surface area contributed by atoms with Gasteiger partial charge in [-0.05, 0) is 18.2 Å². The van der Waals surface area contributed by atoms with Gasteiger partial charge < -0.3 is 34.4 Å². The fraction of sp³-hybridized carbons (Fsp3) is 0.467. The molecular weight excluding hydrogens is 356 g/mol. The minimum Gasteiger partial charge on any atom is -0.496 e. The van der Waals surface area contributed by atoms with Crippen molar-refractivity contribution in [1.29, 1.82) is 0 Å². The van der Waals surface area contributed by atoms with Crippen molar-refractivity contribution in [1.82, 2.24) is 10.1 Å². The van der Waals surface area contributed by atoms with Crippen LogP contribution in [-0.4, -0.2) is 68.7 Å². The first-order valence-electron chi connectivity index (χ1n) is 7.44. The van der Waals surface area contributed by atoms with Crippen molar-refractivity contribution in [3.05, 3.63) is 29.1 Å². The fourth-order valence-corrected chi connectivity index (χ4v) is 2.79. The Balaban J connectivity index is 1.92. The summed E-state index contributed by atoms with van der Waals surface area (Å²) in [6.45, 7) is -0.551. The smallest absolute Gasteiger partial charge is 0.258 e. The van der Waals surface area contributed by atoms with Crippen LogP contribution in [0.25, 0.3) is 11.4 Å². The summed E-state index contributed by atoms with van der Waals surface area (Å²) < 4.78 is 15.7. The average Bonchev–Trinajstić information content (AvgIpc) is 3.09. The average molecular weight is 373 g/mol. The van der Waals surface area contributed by atoms with Crippen LogP contribution in [0.5, 0.6) is 5.75 Å². The number of methoxy groups -OCH3 is 1. The number of nitrogens with zero attached hydrogens (tertiary/aromatic N) is 2. The van der Waals surface area contributed by atoms with Crippen LogP contribution in [0.3, 0.4) is 0 Å². The molecular formula is C15H17ClN2O7. The Bertz CT molecular complexity index is 738. The molecule has 9 nitrogen and oxygen atoms in total. The van der Waals surface area contributed by atoms with Crippen LogP contribution in [0.1, 0.15) is 12.0 Å². The van der Waals surface area contributed by atoms with Crippen molar-refractivity contribution in [2.45, 2.75) is 30.5 Å². The highest BCUT2D eigenvalue weighted by Gasteiger charge is 2.46. The van der Waals surface area contributed by atoms with E-state index in [0.717, 1.165) is 0 Å². The van der Waals surface area contributed by atoms with Crippen molar-refractivity contribution >= 4 is 11.6 Å². The lowest BCUT2D eigenvalue weighted by atomic mass is 9.95. The van der Waals surface area contributed by atoms with Crippen LogP contribution < -0.4 is 4.74 Å². The molecule has 136 valence electrons. The molecule has 1 aliphatic heterocycles. The molecule has 10 heteroatoms. The van der Waals surface area contributed by atoms with E-state index in [1.165, 1.54) is 7.11 Å². The van der Waals surface area contributed by atoms with Gasteiger partial charge in [0.15, 0.2) is 6.10 Å². The molecule has 0 amide bonds. The van der Waals surface area contributed by atoms with E-state index in [1.54, 1.807) is 18.2 Å². The lowest BCUT2D eigenvalue weighted by Gasteiger charge is -2.38. The number of aromatic nitrogens is 2. The highest BCUT2D eigenvalue weighted by atomic mass is 35.5. The monoisotopic (exact) mass is 372 g/mol. The molecule has 3 rings (SSSR count). The summed E-state index contributed by atoms with van der Waals surface area (Å²) in [4.78, 5) is 4.16. The Morgan fingerprint density at radius 3 is 2.64 bits per heavy atom. The van der Waals surface area contributed by atoms with Crippen LogP contribution in [0.2, 0.25) is 5.02 Å². The third kappa shape index (κ3) is 3.34. The van der Waals surface area contributed by atoms with Gasteiger partial charge in [-0.3, -0.25) is 0 Å². The molecule has 5 atom stereocenters. The van der Waals surface area contributed by atoms with Crippen LogP contribution in [0.15, 0.2) is 22.7 Å². The van der Waals surface area contributed by atoms with Crippen molar-refractivity contribution in [2.24, 2.45) is 0 Å². The zero-order valence-electron chi connectivity index (χ0n) is 13.1. The Morgan fingerprint density at radius 2 is 1.96 bits per heavy atom. The molecule has 0 unspecified atom stereocenters. The summed E-state index contributed by atoms with van der Waals surface area (Å²) in [5, 5.41) is 43.3. The Kier molecular flexibility index (Phi) is 5.23. The van der Waals surface area contributed by atoms with Crippen LogP contribution >= 0.6 is 11.6 Å². The van der Waals surface area contributed by atoms with Gasteiger partial charge in [-0.25, -0.2) is 0 Å². The van der Waals surface area contributed by atoms with Gasteiger partial charge in [0.05, 0.1) is 19.3 Å². The number of ether oxygens (including phenoxy) is 2. The first-order chi connectivity index (χ1) is 12.0. The standard InChI is InChI=1S/C15H17ClN2O7/c1-23-8-3-2-6(16)4-7(8)14-17-15(25-18-14)13-12(22)11(21)10(20)9(5-19)24-13/h2-4,9-13,19-22H,5H2,1H3/t9-,10+,11+,12-,13-/m1/s1. The van der Waals surface area contributed by atoms with Crippen LogP contribution in [0, 0.1) is 0 Å². The SMILES string of the molecule is COc1ccc(Cl)cc1-c1noc([C@@H]2O[C@H](CO)[C@H](O)[C@H](O)[C@H]2O)n1. The minimum absolute atomic E-state index is 0.117. The van der Waals surface area contributed by atoms with E-state index in [2.05, 4.69) is 10.1 Å². The van der Waals surface area contributed by atoms with Crippen molar-refractivity contribution in [2.75, 3.05) is 13.7 Å². The second-order valence-corrected chi connectivity index (χ2v) is 5.99. The summed E-state index contributed by atoms with van der Waals surface area (Å²) >= 11 is 5.98. The number of aliphatic hydroxyl groups excluding tert-OH is 4. The molecule has 0 aliphatic carbocycles. The van der Waals surface area contributed by atoms with Gasteiger partial charge in [-0.2, -0.15) is 4.98 Å². The molecule has 4 N–H and O–H groups in total. The first-order valence-corrected chi connectivity index (χ1v) is 7.82. The highest BCUT2D eigenvalue weighted by molar-refractivity contribution is 6.30. The molecule has 0 saturated carbocycles. The van der Waals surface area contributed by atoms with E-state index in [1.807, 2.05) is 0 Å². The second-order valence-electron chi connectivity index (χ2n) is 5.55. The summed E-state index contributed by atoms with van der Waals surface area (Å²) in [5.74, 6) is 0.491. The molecule has 0 bridgehead atoms. The number of rotatable bonds is 4. The van der Waals surface area contributed by atoms with E-state index < -0.39 is 37.1 Å². The van der Waals surface area contributed by atoms with E-state index in [9.17, 15) is 20.4 Å². The molecule has 2 aromatic rings. The van der Waals surface area contributed by atoms with Gasteiger partial charge in [-0.1, -0.05) is 16.8 Å². The predicted molar refractivity (Wildman–Crippen MR) is 84.0 cm³/mol. The molecule has 1 aliphatic rings. The van der Waals surface area contributed by atoms with E-state index in [4.69, 9.17) is 25.6 Å². The maximum Gasteiger partial charge on any atom is 0.258 e. The highest BCUT2D eigenvalue weighted by Crippen LogP contribution is 2.35.